The Morgan fingerprint density at radius 2 is 2.20 bits per heavy atom. The summed E-state index contributed by atoms with van der Waals surface area (Å²) in [5.74, 6) is 0.474. The minimum atomic E-state index is -0.342. The molecule has 0 aliphatic carbocycles. The third-order valence-electron chi connectivity index (χ3n) is 2.14. The molecule has 0 bridgehead atoms. The third-order valence-corrected chi connectivity index (χ3v) is 2.14. The third kappa shape index (κ3) is 1.40. The highest BCUT2D eigenvalue weighted by Crippen LogP contribution is 2.22. The van der Waals surface area contributed by atoms with Gasteiger partial charge in [-0.05, 0) is 12.1 Å². The number of rotatable bonds is 2. The normalized spacial score (nSPS) is 10.2. The summed E-state index contributed by atoms with van der Waals surface area (Å²) < 4.78 is 10.2. The van der Waals surface area contributed by atoms with E-state index in [-0.39, 0.29) is 11.0 Å². The first-order valence-electron chi connectivity index (χ1n) is 4.31. The molecule has 0 aliphatic heterocycles. The van der Waals surface area contributed by atoms with E-state index in [0.29, 0.717) is 23.0 Å². The van der Waals surface area contributed by atoms with Crippen LogP contribution in [0.5, 0.6) is 5.75 Å². The highest BCUT2D eigenvalue weighted by molar-refractivity contribution is 5.87. The number of carbonyl (C=O) groups is 1. The van der Waals surface area contributed by atoms with Crippen LogP contribution in [0, 0.1) is 0 Å². The minimum absolute atomic E-state index is 0.00996. The topological polar surface area (TPSA) is 56.5 Å². The molecule has 0 radical (unpaired) electrons. The first-order valence-corrected chi connectivity index (χ1v) is 4.31. The van der Waals surface area contributed by atoms with Gasteiger partial charge in [-0.2, -0.15) is 0 Å². The van der Waals surface area contributed by atoms with Gasteiger partial charge in [-0.15, -0.1) is 0 Å². The van der Waals surface area contributed by atoms with E-state index in [1.165, 1.54) is 7.11 Å². The van der Waals surface area contributed by atoms with Crippen LogP contribution >= 0.6 is 0 Å². The summed E-state index contributed by atoms with van der Waals surface area (Å²) in [4.78, 5) is 22.2. The molecule has 4 nitrogen and oxygen atoms in total. The van der Waals surface area contributed by atoms with Crippen LogP contribution in [-0.2, 0) is 0 Å². The predicted molar refractivity (Wildman–Crippen MR) is 54.4 cm³/mol. The van der Waals surface area contributed by atoms with Crippen LogP contribution in [0.4, 0.5) is 0 Å². The Morgan fingerprint density at radius 1 is 1.40 bits per heavy atom. The van der Waals surface area contributed by atoms with Crippen molar-refractivity contribution in [2.45, 2.75) is 0 Å². The van der Waals surface area contributed by atoms with E-state index < -0.39 is 0 Å². The van der Waals surface area contributed by atoms with Gasteiger partial charge in [0.2, 0.25) is 5.43 Å². The number of para-hydroxylation sites is 1. The summed E-state index contributed by atoms with van der Waals surface area (Å²) in [5, 5.41) is 0.346. The lowest BCUT2D eigenvalue weighted by molar-refractivity contribution is 0.112. The Kier molecular flexibility index (Phi) is 2.25. The summed E-state index contributed by atoms with van der Waals surface area (Å²) in [6.45, 7) is 0. The molecule has 1 heterocycles. The molecule has 0 unspecified atom stereocenters. The zero-order valence-electron chi connectivity index (χ0n) is 8.02. The molecule has 0 fully saturated rings. The molecule has 0 N–H and O–H groups in total. The molecule has 76 valence electrons. The number of ether oxygens (including phenoxy) is 1. The molecule has 0 spiro atoms. The zero-order valence-corrected chi connectivity index (χ0v) is 8.02. The molecule has 0 aliphatic rings. The lowest BCUT2D eigenvalue weighted by atomic mass is 10.2. The molecule has 4 heteroatoms. The van der Waals surface area contributed by atoms with Gasteiger partial charge in [0.1, 0.15) is 6.26 Å². The average molecular weight is 204 g/mol. The summed E-state index contributed by atoms with van der Waals surface area (Å²) in [6.07, 6.45) is 1.62. The quantitative estimate of drug-likeness (QED) is 0.697. The number of hydrogen-bond acceptors (Lipinski definition) is 4. The predicted octanol–water partition coefficient (Wildman–Crippen LogP) is 1.61. The van der Waals surface area contributed by atoms with Gasteiger partial charge < -0.3 is 9.15 Å². The molecule has 0 saturated heterocycles. The van der Waals surface area contributed by atoms with Crippen molar-refractivity contribution in [3.05, 3.63) is 40.2 Å². The highest BCUT2D eigenvalue weighted by Gasteiger charge is 2.09. The Labute approximate surface area is 85.1 Å². The maximum atomic E-state index is 11.7. The summed E-state index contributed by atoms with van der Waals surface area (Å²) >= 11 is 0. The zero-order chi connectivity index (χ0) is 10.8. The van der Waals surface area contributed by atoms with Gasteiger partial charge in [0.15, 0.2) is 17.6 Å². The SMILES string of the molecule is COc1cccc2c(=O)c(C=O)coc12. The molecule has 2 aromatic rings. The first-order chi connectivity index (χ1) is 7.27. The van der Waals surface area contributed by atoms with E-state index in [1.54, 1.807) is 18.2 Å². The van der Waals surface area contributed by atoms with Crippen LogP contribution in [0.3, 0.4) is 0 Å². The van der Waals surface area contributed by atoms with Gasteiger partial charge >= 0.3 is 0 Å². The number of benzene rings is 1. The van der Waals surface area contributed by atoms with Gasteiger partial charge in [-0.25, -0.2) is 0 Å². The second-order valence-electron chi connectivity index (χ2n) is 2.97. The Hall–Kier alpha value is -2.10. The highest BCUT2D eigenvalue weighted by atomic mass is 16.5. The number of aldehydes is 1. The molecule has 0 atom stereocenters. The van der Waals surface area contributed by atoms with Crippen LogP contribution in [-0.4, -0.2) is 13.4 Å². The van der Waals surface area contributed by atoms with Crippen molar-refractivity contribution in [2.75, 3.05) is 7.11 Å². The number of methoxy groups -OCH3 is 1. The Balaban J connectivity index is 2.90. The van der Waals surface area contributed by atoms with Crippen LogP contribution < -0.4 is 10.2 Å². The van der Waals surface area contributed by atoms with Crippen molar-refractivity contribution < 1.29 is 13.9 Å². The van der Waals surface area contributed by atoms with Crippen LogP contribution in [0.25, 0.3) is 11.0 Å². The number of fused-ring (bicyclic) bond motifs is 1. The molecule has 0 saturated carbocycles. The van der Waals surface area contributed by atoms with Crippen molar-refractivity contribution in [3.63, 3.8) is 0 Å². The van der Waals surface area contributed by atoms with Gasteiger partial charge in [-0.1, -0.05) is 6.07 Å². The van der Waals surface area contributed by atoms with E-state index in [0.717, 1.165) is 6.26 Å². The second kappa shape index (κ2) is 3.57. The van der Waals surface area contributed by atoms with E-state index in [4.69, 9.17) is 9.15 Å². The molecule has 0 amide bonds. The summed E-state index contributed by atoms with van der Waals surface area (Å²) in [5.41, 5.74) is 0.0245. The fourth-order valence-electron chi connectivity index (χ4n) is 1.39. The number of carbonyl (C=O) groups excluding carboxylic acids is 1. The standard InChI is InChI=1S/C11H8O4/c1-14-9-4-2-3-8-10(13)7(5-12)6-15-11(8)9/h2-6H,1H3. The maximum Gasteiger partial charge on any atom is 0.203 e. The van der Waals surface area contributed by atoms with E-state index >= 15 is 0 Å². The van der Waals surface area contributed by atoms with Crippen LogP contribution in [0.2, 0.25) is 0 Å². The fourth-order valence-corrected chi connectivity index (χ4v) is 1.39. The molecular formula is C11H8O4. The van der Waals surface area contributed by atoms with E-state index in [2.05, 4.69) is 0 Å². The van der Waals surface area contributed by atoms with Gasteiger partial charge in [0.05, 0.1) is 18.1 Å². The van der Waals surface area contributed by atoms with E-state index in [9.17, 15) is 9.59 Å². The lowest BCUT2D eigenvalue weighted by Crippen LogP contribution is -2.07. The van der Waals surface area contributed by atoms with E-state index in [1.807, 2.05) is 0 Å². The van der Waals surface area contributed by atoms with Crippen molar-refractivity contribution in [3.8, 4) is 5.75 Å². The van der Waals surface area contributed by atoms with Gasteiger partial charge in [-0.3, -0.25) is 9.59 Å². The molecule has 2 rings (SSSR count). The van der Waals surface area contributed by atoms with Crippen LogP contribution in [0.1, 0.15) is 10.4 Å². The smallest absolute Gasteiger partial charge is 0.203 e. The van der Waals surface area contributed by atoms with Crippen molar-refractivity contribution in [1.29, 1.82) is 0 Å². The largest absolute Gasteiger partial charge is 0.493 e. The molecule has 1 aromatic carbocycles. The first kappa shape index (κ1) is 9.45. The molecular weight excluding hydrogens is 196 g/mol. The van der Waals surface area contributed by atoms with Crippen molar-refractivity contribution >= 4 is 17.3 Å². The van der Waals surface area contributed by atoms with Crippen molar-refractivity contribution in [2.24, 2.45) is 0 Å². The maximum absolute atomic E-state index is 11.7. The van der Waals surface area contributed by atoms with Crippen LogP contribution in [0.15, 0.2) is 33.7 Å². The second-order valence-corrected chi connectivity index (χ2v) is 2.97. The van der Waals surface area contributed by atoms with Gasteiger partial charge in [0.25, 0.3) is 0 Å². The lowest BCUT2D eigenvalue weighted by Gasteiger charge is -2.02. The van der Waals surface area contributed by atoms with Crippen molar-refractivity contribution in [1.82, 2.24) is 0 Å². The molecule has 1 aromatic heterocycles. The Morgan fingerprint density at radius 3 is 2.87 bits per heavy atom. The summed E-state index contributed by atoms with van der Waals surface area (Å²) in [7, 11) is 1.49. The average Bonchev–Trinajstić information content (AvgIpc) is 2.29. The Bertz CT molecular complexity index is 568. The molecule has 15 heavy (non-hydrogen) atoms. The minimum Gasteiger partial charge on any atom is -0.493 e. The number of hydrogen-bond donors (Lipinski definition) is 0. The monoisotopic (exact) mass is 204 g/mol. The van der Waals surface area contributed by atoms with Gasteiger partial charge in [0, 0.05) is 0 Å². The summed E-state index contributed by atoms with van der Waals surface area (Å²) in [6, 6.07) is 4.95. The fraction of sp³-hybridized carbons (Fsp3) is 0.0909.